The Morgan fingerprint density at radius 2 is 1.67 bits per heavy atom. The number of aliphatic hydroxyl groups is 1. The normalized spacial score (nSPS) is 62.5. The molecule has 3 unspecified atom stereocenters. The Morgan fingerprint density at radius 1 is 0.867 bits per heavy atom. The lowest BCUT2D eigenvalue weighted by atomic mass is 9.44. The van der Waals surface area contributed by atoms with Crippen molar-refractivity contribution in [1.82, 2.24) is 0 Å². The van der Waals surface area contributed by atoms with Crippen molar-refractivity contribution in [3.05, 3.63) is 0 Å². The van der Waals surface area contributed by atoms with Gasteiger partial charge in [0.05, 0.1) is 18.8 Å². The van der Waals surface area contributed by atoms with Crippen LogP contribution in [0.4, 0.5) is 0 Å². The second-order valence-corrected chi connectivity index (χ2v) is 13.1. The lowest BCUT2D eigenvalue weighted by Gasteiger charge is -2.61. The summed E-state index contributed by atoms with van der Waals surface area (Å²) in [7, 11) is 0. The minimum atomic E-state index is -0.288. The first-order valence-corrected chi connectivity index (χ1v) is 13.3. The molecule has 0 aromatic heterocycles. The van der Waals surface area contributed by atoms with Crippen molar-refractivity contribution in [2.75, 3.05) is 6.61 Å². The van der Waals surface area contributed by atoms with Crippen LogP contribution in [0.3, 0.4) is 0 Å². The van der Waals surface area contributed by atoms with E-state index in [4.69, 9.17) is 9.47 Å². The van der Waals surface area contributed by atoms with Crippen LogP contribution in [-0.4, -0.2) is 29.7 Å². The largest absolute Gasteiger partial charge is 0.393 e. The Labute approximate surface area is 183 Å². The van der Waals surface area contributed by atoms with Crippen LogP contribution < -0.4 is 0 Å². The van der Waals surface area contributed by atoms with Gasteiger partial charge in [-0.1, -0.05) is 27.7 Å². The Morgan fingerprint density at radius 3 is 2.43 bits per heavy atom. The average molecular weight is 417 g/mol. The smallest absolute Gasteiger partial charge is 0.171 e. The van der Waals surface area contributed by atoms with Gasteiger partial charge in [-0.25, -0.2) is 0 Å². The van der Waals surface area contributed by atoms with Gasteiger partial charge >= 0.3 is 0 Å². The van der Waals surface area contributed by atoms with E-state index in [2.05, 4.69) is 27.7 Å². The molecule has 2 aliphatic heterocycles. The zero-order valence-electron chi connectivity index (χ0n) is 19.7. The Balaban J connectivity index is 1.27. The summed E-state index contributed by atoms with van der Waals surface area (Å²) in [5.74, 6) is 4.90. The molecule has 3 nitrogen and oxygen atoms in total. The highest BCUT2D eigenvalue weighted by molar-refractivity contribution is 5.15. The fourth-order valence-corrected chi connectivity index (χ4v) is 10.3. The van der Waals surface area contributed by atoms with E-state index in [-0.39, 0.29) is 11.9 Å². The maximum absolute atomic E-state index is 10.5. The summed E-state index contributed by atoms with van der Waals surface area (Å²) >= 11 is 0. The van der Waals surface area contributed by atoms with E-state index in [0.29, 0.717) is 34.7 Å². The fourth-order valence-electron chi connectivity index (χ4n) is 10.3. The van der Waals surface area contributed by atoms with Gasteiger partial charge in [0.2, 0.25) is 0 Å². The summed E-state index contributed by atoms with van der Waals surface area (Å²) in [6.07, 6.45) is 12.8. The third-order valence-corrected chi connectivity index (χ3v) is 11.9. The molecular weight excluding hydrogens is 372 g/mol. The summed E-state index contributed by atoms with van der Waals surface area (Å²) in [5, 5.41) is 10.5. The highest BCUT2D eigenvalue weighted by atomic mass is 16.7. The number of aliphatic hydroxyl groups excluding tert-OH is 1. The van der Waals surface area contributed by atoms with Crippen LogP contribution in [0.15, 0.2) is 0 Å². The van der Waals surface area contributed by atoms with Crippen molar-refractivity contribution in [2.24, 2.45) is 52.3 Å². The Kier molecular flexibility index (Phi) is 4.58. The van der Waals surface area contributed by atoms with E-state index in [1.165, 1.54) is 44.9 Å². The molecule has 170 valence electrons. The minimum absolute atomic E-state index is 0.0599. The SMILES string of the molecule is CC1CC[C@@]2(OC1)O[C@H]1C[C@H]3[C@@H]4CCC5CCC(O)C[C@]5(C)[C@H]4CC[C@]3(C)[C@H]1[C@@H]2C. The van der Waals surface area contributed by atoms with Crippen molar-refractivity contribution < 1.29 is 14.6 Å². The standard InChI is InChI=1S/C27H44O3/c1-16-9-12-27(29-15-16)17(2)24-23(30-27)13-22-20-8-6-18-5-7-19(28)14-26(18,4)21(20)10-11-25(22,24)3/h16-24,28H,5-15H2,1-4H3/t16?,17-,18?,19?,20+,21-,22-,23-,24-,25-,26-,27+/m0/s1. The van der Waals surface area contributed by atoms with Gasteiger partial charge in [-0.3, -0.25) is 0 Å². The van der Waals surface area contributed by atoms with Crippen molar-refractivity contribution in [2.45, 2.75) is 110 Å². The van der Waals surface area contributed by atoms with Crippen molar-refractivity contribution >= 4 is 0 Å². The summed E-state index contributed by atoms with van der Waals surface area (Å²) in [6.45, 7) is 10.8. The zero-order chi connectivity index (χ0) is 20.9. The number of ether oxygens (including phenoxy) is 2. The van der Waals surface area contributed by atoms with Gasteiger partial charge in [-0.05, 0) is 104 Å². The molecule has 4 aliphatic carbocycles. The molecule has 1 N–H and O–H groups in total. The van der Waals surface area contributed by atoms with Crippen molar-refractivity contribution in [1.29, 1.82) is 0 Å². The molecule has 3 heteroatoms. The van der Waals surface area contributed by atoms with Gasteiger partial charge in [0.25, 0.3) is 0 Å². The van der Waals surface area contributed by atoms with Crippen LogP contribution in [-0.2, 0) is 9.47 Å². The van der Waals surface area contributed by atoms with Crippen LogP contribution in [0, 0.1) is 52.3 Å². The van der Waals surface area contributed by atoms with Gasteiger partial charge in [0, 0.05) is 12.3 Å². The van der Waals surface area contributed by atoms with Crippen molar-refractivity contribution in [3.8, 4) is 0 Å². The minimum Gasteiger partial charge on any atom is -0.393 e. The lowest BCUT2D eigenvalue weighted by Crippen LogP contribution is -2.55. The van der Waals surface area contributed by atoms with E-state index < -0.39 is 0 Å². The second kappa shape index (κ2) is 6.70. The second-order valence-electron chi connectivity index (χ2n) is 13.1. The predicted octanol–water partition coefficient (Wildman–Crippen LogP) is 5.79. The van der Waals surface area contributed by atoms with E-state index in [0.717, 1.165) is 49.5 Å². The van der Waals surface area contributed by atoms with Gasteiger partial charge in [0.1, 0.15) is 0 Å². The molecule has 1 spiro atoms. The fraction of sp³-hybridized carbons (Fsp3) is 1.00. The molecule has 0 aromatic rings. The van der Waals surface area contributed by atoms with Gasteiger partial charge in [0.15, 0.2) is 5.79 Å². The molecule has 2 heterocycles. The molecule has 6 rings (SSSR count). The molecule has 6 aliphatic rings. The maximum Gasteiger partial charge on any atom is 0.171 e. The van der Waals surface area contributed by atoms with Crippen LogP contribution >= 0.6 is 0 Å². The highest BCUT2D eigenvalue weighted by Crippen LogP contribution is 2.71. The first kappa shape index (κ1) is 20.5. The van der Waals surface area contributed by atoms with Crippen LogP contribution in [0.5, 0.6) is 0 Å². The van der Waals surface area contributed by atoms with Gasteiger partial charge in [-0.2, -0.15) is 0 Å². The summed E-state index contributed by atoms with van der Waals surface area (Å²) < 4.78 is 13.4. The highest BCUT2D eigenvalue weighted by Gasteiger charge is 2.69. The third kappa shape index (κ3) is 2.61. The van der Waals surface area contributed by atoms with Crippen LogP contribution in [0.1, 0.15) is 91.9 Å². The van der Waals surface area contributed by atoms with Crippen molar-refractivity contribution in [3.63, 3.8) is 0 Å². The quantitative estimate of drug-likeness (QED) is 0.543. The summed E-state index contributed by atoms with van der Waals surface area (Å²) in [5.41, 5.74) is 0.785. The molecule has 0 bridgehead atoms. The Hall–Kier alpha value is -0.120. The first-order chi connectivity index (χ1) is 14.3. The monoisotopic (exact) mass is 416 g/mol. The summed E-state index contributed by atoms with van der Waals surface area (Å²) in [6, 6.07) is 0. The number of hydrogen-bond donors (Lipinski definition) is 1. The van der Waals surface area contributed by atoms with E-state index in [1.807, 2.05) is 0 Å². The molecule has 0 radical (unpaired) electrons. The lowest BCUT2D eigenvalue weighted by molar-refractivity contribution is -0.273. The summed E-state index contributed by atoms with van der Waals surface area (Å²) in [4.78, 5) is 0. The zero-order valence-corrected chi connectivity index (χ0v) is 19.7. The van der Waals surface area contributed by atoms with E-state index >= 15 is 0 Å². The molecule has 4 saturated carbocycles. The molecular formula is C27H44O3. The van der Waals surface area contributed by atoms with E-state index in [1.54, 1.807) is 0 Å². The molecule has 12 atom stereocenters. The first-order valence-electron chi connectivity index (χ1n) is 13.3. The van der Waals surface area contributed by atoms with Crippen LogP contribution in [0.25, 0.3) is 0 Å². The topological polar surface area (TPSA) is 38.7 Å². The van der Waals surface area contributed by atoms with Gasteiger partial charge in [-0.15, -0.1) is 0 Å². The number of rotatable bonds is 0. The molecule has 0 amide bonds. The number of hydrogen-bond acceptors (Lipinski definition) is 3. The number of fused-ring (bicyclic) bond motifs is 7. The molecule has 2 saturated heterocycles. The molecule has 6 fully saturated rings. The van der Waals surface area contributed by atoms with E-state index in [9.17, 15) is 5.11 Å². The Bertz CT molecular complexity index is 684. The van der Waals surface area contributed by atoms with Crippen LogP contribution in [0.2, 0.25) is 0 Å². The maximum atomic E-state index is 10.5. The predicted molar refractivity (Wildman–Crippen MR) is 118 cm³/mol. The molecule has 0 aromatic carbocycles. The van der Waals surface area contributed by atoms with Gasteiger partial charge < -0.3 is 14.6 Å². The third-order valence-electron chi connectivity index (χ3n) is 11.9. The molecule has 30 heavy (non-hydrogen) atoms. The average Bonchev–Trinajstić information content (AvgIpc) is 3.14.